The number of hydrogen-bond acceptors (Lipinski definition) is 0. The second-order valence-electron chi connectivity index (χ2n) is 6.37. The highest BCUT2D eigenvalue weighted by molar-refractivity contribution is 6.42. The maximum atomic E-state index is 2.46. The molecule has 1 fully saturated rings. The minimum atomic E-state index is 0.538. The van der Waals surface area contributed by atoms with Crippen LogP contribution < -0.4 is 0 Å². The first-order chi connectivity index (χ1) is 6.43. The zero-order chi connectivity index (χ0) is 10.8. The third-order valence-electron chi connectivity index (χ3n) is 4.64. The average Bonchev–Trinajstić information content (AvgIpc) is 2.08. The summed E-state index contributed by atoms with van der Waals surface area (Å²) in [4.78, 5) is 0. The van der Waals surface area contributed by atoms with E-state index < -0.39 is 0 Å². The van der Waals surface area contributed by atoms with Gasteiger partial charge in [0.05, 0.1) is 0 Å². The Kier molecular flexibility index (Phi) is 4.09. The van der Waals surface area contributed by atoms with Crippen LogP contribution in [0.1, 0.15) is 60.3 Å². The molecule has 1 rings (SSSR count). The molecule has 0 aromatic heterocycles. The minimum Gasteiger partial charge on any atom is -0.0666 e. The van der Waals surface area contributed by atoms with Crippen molar-refractivity contribution in [2.45, 2.75) is 71.4 Å². The Hall–Kier alpha value is 0.0649. The van der Waals surface area contributed by atoms with Crippen molar-refractivity contribution in [3.8, 4) is 0 Å². The van der Waals surface area contributed by atoms with Crippen molar-refractivity contribution < 1.29 is 0 Å². The molecule has 0 aromatic rings. The zero-order valence-electron chi connectivity index (χ0n) is 10.8. The largest absolute Gasteiger partial charge is 0.131 e. The van der Waals surface area contributed by atoms with Gasteiger partial charge in [0.1, 0.15) is 7.28 Å². The standard InChI is InChI=1S/C13H27B/c1-10(2)13(4,5)14-12-9-7-6-8-11(12)3/h10-12,14H,6-9H2,1-5H3. The Morgan fingerprint density at radius 2 is 1.71 bits per heavy atom. The van der Waals surface area contributed by atoms with Gasteiger partial charge in [0, 0.05) is 0 Å². The fourth-order valence-electron chi connectivity index (χ4n) is 2.61. The summed E-state index contributed by atoms with van der Waals surface area (Å²) in [5.74, 6) is 2.79. The highest BCUT2D eigenvalue weighted by atomic mass is 14.2. The number of hydrogen-bond donors (Lipinski definition) is 0. The zero-order valence-corrected chi connectivity index (χ0v) is 10.8. The van der Waals surface area contributed by atoms with E-state index >= 15 is 0 Å². The molecule has 1 heteroatoms. The summed E-state index contributed by atoms with van der Waals surface area (Å²) in [7, 11) is 1.44. The second-order valence-corrected chi connectivity index (χ2v) is 6.37. The highest BCUT2D eigenvalue weighted by Gasteiger charge is 2.31. The first-order valence-corrected chi connectivity index (χ1v) is 6.43. The fraction of sp³-hybridized carbons (Fsp3) is 1.00. The Morgan fingerprint density at radius 1 is 1.14 bits per heavy atom. The smallest absolute Gasteiger partial charge is 0.0666 e. The lowest BCUT2D eigenvalue weighted by Crippen LogP contribution is -2.28. The molecule has 0 bridgehead atoms. The third-order valence-corrected chi connectivity index (χ3v) is 4.64. The van der Waals surface area contributed by atoms with Gasteiger partial charge in [0.2, 0.25) is 0 Å². The van der Waals surface area contributed by atoms with Crippen LogP contribution in [0.25, 0.3) is 0 Å². The Bertz CT molecular complexity index is 172. The van der Waals surface area contributed by atoms with Crippen LogP contribution in [0.4, 0.5) is 0 Å². The maximum absolute atomic E-state index is 2.46. The van der Waals surface area contributed by atoms with Gasteiger partial charge in [-0.05, 0) is 11.8 Å². The van der Waals surface area contributed by atoms with Gasteiger partial charge in [-0.1, -0.05) is 71.4 Å². The van der Waals surface area contributed by atoms with Crippen molar-refractivity contribution in [3.05, 3.63) is 0 Å². The summed E-state index contributed by atoms with van der Waals surface area (Å²) in [6, 6.07) is 0. The van der Waals surface area contributed by atoms with E-state index in [0.29, 0.717) is 5.31 Å². The summed E-state index contributed by atoms with van der Waals surface area (Å²) in [5, 5.41) is 0.538. The molecule has 0 aliphatic heterocycles. The molecule has 82 valence electrons. The summed E-state index contributed by atoms with van der Waals surface area (Å²) in [6.07, 6.45) is 5.90. The predicted molar refractivity (Wildman–Crippen MR) is 67.4 cm³/mol. The monoisotopic (exact) mass is 194 g/mol. The third kappa shape index (κ3) is 3.03. The lowest BCUT2D eigenvalue weighted by Gasteiger charge is -2.37. The summed E-state index contributed by atoms with van der Waals surface area (Å²) < 4.78 is 0. The summed E-state index contributed by atoms with van der Waals surface area (Å²) in [6.45, 7) is 12.1. The lowest BCUT2D eigenvalue weighted by atomic mass is 9.40. The van der Waals surface area contributed by atoms with Crippen LogP contribution >= 0.6 is 0 Å². The molecule has 0 heterocycles. The van der Waals surface area contributed by atoms with Crippen molar-refractivity contribution in [2.75, 3.05) is 0 Å². The predicted octanol–water partition coefficient (Wildman–Crippen LogP) is 4.28. The van der Waals surface area contributed by atoms with Gasteiger partial charge < -0.3 is 0 Å². The number of rotatable bonds is 3. The Balaban J connectivity index is 2.49. The van der Waals surface area contributed by atoms with E-state index in [2.05, 4.69) is 34.6 Å². The van der Waals surface area contributed by atoms with Crippen molar-refractivity contribution in [1.82, 2.24) is 0 Å². The normalized spacial score (nSPS) is 29.3. The molecule has 1 saturated carbocycles. The lowest BCUT2D eigenvalue weighted by molar-refractivity contribution is 0.367. The quantitative estimate of drug-likeness (QED) is 0.588. The molecule has 0 radical (unpaired) electrons. The van der Waals surface area contributed by atoms with Crippen molar-refractivity contribution in [1.29, 1.82) is 0 Å². The van der Waals surface area contributed by atoms with Crippen LogP contribution in [0.3, 0.4) is 0 Å². The van der Waals surface area contributed by atoms with E-state index in [1.165, 1.54) is 33.0 Å². The van der Waals surface area contributed by atoms with E-state index in [9.17, 15) is 0 Å². The van der Waals surface area contributed by atoms with Crippen LogP contribution in [0.2, 0.25) is 11.1 Å². The first-order valence-electron chi connectivity index (χ1n) is 6.43. The molecule has 0 amide bonds. The van der Waals surface area contributed by atoms with Gasteiger partial charge in [0.15, 0.2) is 0 Å². The molecule has 0 nitrogen and oxygen atoms in total. The molecule has 0 saturated heterocycles. The molecular formula is C13H27B. The topological polar surface area (TPSA) is 0 Å². The van der Waals surface area contributed by atoms with Crippen LogP contribution in [-0.2, 0) is 0 Å². The molecule has 0 N–H and O–H groups in total. The SMILES string of the molecule is CC1CCCCC1BC(C)(C)C(C)C. The van der Waals surface area contributed by atoms with Crippen molar-refractivity contribution in [2.24, 2.45) is 11.8 Å². The van der Waals surface area contributed by atoms with E-state index in [1.54, 1.807) is 0 Å². The van der Waals surface area contributed by atoms with Gasteiger partial charge in [-0.3, -0.25) is 0 Å². The summed E-state index contributed by atoms with van der Waals surface area (Å²) >= 11 is 0. The van der Waals surface area contributed by atoms with E-state index in [4.69, 9.17) is 0 Å². The van der Waals surface area contributed by atoms with Crippen LogP contribution in [0, 0.1) is 11.8 Å². The molecule has 0 aromatic carbocycles. The molecule has 1 aliphatic rings. The minimum absolute atomic E-state index is 0.538. The molecule has 1 aliphatic carbocycles. The van der Waals surface area contributed by atoms with Gasteiger partial charge in [0.25, 0.3) is 0 Å². The van der Waals surface area contributed by atoms with Crippen molar-refractivity contribution in [3.63, 3.8) is 0 Å². The van der Waals surface area contributed by atoms with E-state index in [1.807, 2.05) is 0 Å². The molecule has 2 atom stereocenters. The average molecular weight is 194 g/mol. The van der Waals surface area contributed by atoms with Crippen LogP contribution in [0.5, 0.6) is 0 Å². The van der Waals surface area contributed by atoms with Crippen LogP contribution in [0.15, 0.2) is 0 Å². The Morgan fingerprint density at radius 3 is 2.21 bits per heavy atom. The van der Waals surface area contributed by atoms with Gasteiger partial charge >= 0.3 is 0 Å². The van der Waals surface area contributed by atoms with Crippen LogP contribution in [-0.4, -0.2) is 7.28 Å². The maximum Gasteiger partial charge on any atom is 0.131 e. The molecule has 0 spiro atoms. The molecular weight excluding hydrogens is 167 g/mol. The van der Waals surface area contributed by atoms with Gasteiger partial charge in [-0.15, -0.1) is 0 Å². The summed E-state index contributed by atoms with van der Waals surface area (Å²) in [5.41, 5.74) is 0. The second kappa shape index (κ2) is 4.72. The highest BCUT2D eigenvalue weighted by Crippen LogP contribution is 2.43. The van der Waals surface area contributed by atoms with Gasteiger partial charge in [-0.25, -0.2) is 0 Å². The molecule has 14 heavy (non-hydrogen) atoms. The molecule has 2 unspecified atom stereocenters. The Labute approximate surface area is 91.1 Å². The first kappa shape index (κ1) is 12.1. The van der Waals surface area contributed by atoms with E-state index in [0.717, 1.165) is 17.7 Å². The van der Waals surface area contributed by atoms with Crippen molar-refractivity contribution >= 4 is 7.28 Å². The van der Waals surface area contributed by atoms with E-state index in [-0.39, 0.29) is 0 Å². The van der Waals surface area contributed by atoms with Gasteiger partial charge in [-0.2, -0.15) is 0 Å². The fourth-order valence-corrected chi connectivity index (χ4v) is 2.61.